The van der Waals surface area contributed by atoms with Gasteiger partial charge in [0.2, 0.25) is 5.91 Å². The van der Waals surface area contributed by atoms with E-state index < -0.39 is 11.8 Å². The number of rotatable bonds is 5. The van der Waals surface area contributed by atoms with Crippen LogP contribution in [0.15, 0.2) is 46.3 Å². The van der Waals surface area contributed by atoms with Gasteiger partial charge >= 0.3 is 0 Å². The summed E-state index contributed by atoms with van der Waals surface area (Å²) < 4.78 is 6.10. The number of halogens is 2. The van der Waals surface area contributed by atoms with E-state index in [1.54, 1.807) is 24.3 Å². The van der Waals surface area contributed by atoms with Gasteiger partial charge in [0.1, 0.15) is 5.75 Å². The van der Waals surface area contributed by atoms with Crippen molar-refractivity contribution in [2.45, 2.75) is 0 Å². The molecule has 1 heterocycles. The summed E-state index contributed by atoms with van der Waals surface area (Å²) in [6, 6.07) is 8.79. The summed E-state index contributed by atoms with van der Waals surface area (Å²) in [6.07, 6.45) is 3.01. The maximum absolute atomic E-state index is 11.7. The van der Waals surface area contributed by atoms with Gasteiger partial charge < -0.3 is 4.74 Å². The van der Waals surface area contributed by atoms with Crippen LogP contribution in [0.5, 0.6) is 5.75 Å². The van der Waals surface area contributed by atoms with Crippen molar-refractivity contribution in [2.75, 3.05) is 6.61 Å². The molecular formula is C16H13BrClN3O3S2. The van der Waals surface area contributed by atoms with Crippen molar-refractivity contribution in [2.24, 2.45) is 0 Å². The molecule has 26 heavy (non-hydrogen) atoms. The Kier molecular flexibility index (Phi) is 8.05. The van der Waals surface area contributed by atoms with Crippen molar-refractivity contribution in [3.63, 3.8) is 0 Å². The van der Waals surface area contributed by atoms with E-state index in [2.05, 4.69) is 32.1 Å². The van der Waals surface area contributed by atoms with Gasteiger partial charge in [-0.2, -0.15) is 0 Å². The van der Waals surface area contributed by atoms with Crippen LogP contribution >= 0.6 is 51.1 Å². The maximum Gasteiger partial charge on any atom is 0.276 e. The Morgan fingerprint density at radius 3 is 2.81 bits per heavy atom. The molecule has 2 aromatic rings. The second-order valence-electron chi connectivity index (χ2n) is 4.70. The Hall–Kier alpha value is -1.94. The zero-order valence-corrected chi connectivity index (χ0v) is 17.1. The highest BCUT2D eigenvalue weighted by atomic mass is 79.9. The van der Waals surface area contributed by atoms with E-state index in [0.717, 1.165) is 9.35 Å². The zero-order valence-electron chi connectivity index (χ0n) is 13.1. The van der Waals surface area contributed by atoms with Gasteiger partial charge in [-0.15, -0.1) is 11.3 Å². The molecule has 0 saturated heterocycles. The number of thiocarbonyl (C=S) groups is 1. The molecule has 0 radical (unpaired) electrons. The zero-order chi connectivity index (χ0) is 18.9. The smallest absolute Gasteiger partial charge is 0.276 e. The lowest BCUT2D eigenvalue weighted by molar-refractivity contribution is -0.123. The van der Waals surface area contributed by atoms with Gasteiger partial charge in [-0.3, -0.25) is 25.8 Å². The molecule has 1 aromatic heterocycles. The van der Waals surface area contributed by atoms with Crippen LogP contribution in [0.2, 0.25) is 5.02 Å². The molecule has 0 fully saturated rings. The van der Waals surface area contributed by atoms with Crippen molar-refractivity contribution < 1.29 is 14.3 Å². The first-order valence-electron chi connectivity index (χ1n) is 7.13. The normalized spacial score (nSPS) is 10.4. The Labute approximate surface area is 172 Å². The number of amides is 2. The van der Waals surface area contributed by atoms with E-state index >= 15 is 0 Å². The minimum atomic E-state index is -0.491. The fourth-order valence-corrected chi connectivity index (χ4v) is 3.12. The van der Waals surface area contributed by atoms with E-state index in [1.807, 2.05) is 17.5 Å². The van der Waals surface area contributed by atoms with Crippen LogP contribution in [-0.2, 0) is 9.59 Å². The number of carbonyl (C=O) groups excluding carboxylic acids is 2. The summed E-state index contributed by atoms with van der Waals surface area (Å²) >= 11 is 15.7. The predicted octanol–water partition coefficient (Wildman–Crippen LogP) is 3.28. The quantitative estimate of drug-likeness (QED) is 0.352. The summed E-state index contributed by atoms with van der Waals surface area (Å²) in [6.45, 7) is -0.275. The van der Waals surface area contributed by atoms with Crippen LogP contribution < -0.4 is 20.9 Å². The van der Waals surface area contributed by atoms with Crippen LogP contribution in [0.1, 0.15) is 4.88 Å². The average Bonchev–Trinajstić information content (AvgIpc) is 3.11. The first-order chi connectivity index (χ1) is 12.4. The third-order valence-corrected chi connectivity index (χ3v) is 4.58. The lowest BCUT2D eigenvalue weighted by Gasteiger charge is -2.11. The number of ether oxygens (including phenoxy) is 1. The summed E-state index contributed by atoms with van der Waals surface area (Å²) in [5.74, 6) is -0.530. The summed E-state index contributed by atoms with van der Waals surface area (Å²) in [7, 11) is 0. The third kappa shape index (κ3) is 7.12. The number of nitrogens with one attached hydrogen (secondary N) is 3. The average molecular weight is 475 g/mol. The second kappa shape index (κ2) is 10.3. The second-order valence-corrected chi connectivity index (χ2v) is 7.41. The number of carbonyl (C=O) groups is 2. The van der Waals surface area contributed by atoms with Crippen LogP contribution in [0.3, 0.4) is 0 Å². The van der Waals surface area contributed by atoms with Crippen molar-refractivity contribution >= 4 is 74.1 Å². The van der Waals surface area contributed by atoms with Gasteiger partial charge in [0.15, 0.2) is 11.7 Å². The van der Waals surface area contributed by atoms with Gasteiger partial charge in [-0.1, -0.05) is 33.6 Å². The highest BCUT2D eigenvalue weighted by Gasteiger charge is 2.07. The topological polar surface area (TPSA) is 79.5 Å². The molecule has 0 bridgehead atoms. The molecule has 0 unspecified atom stereocenters. The molecule has 6 nitrogen and oxygen atoms in total. The van der Waals surface area contributed by atoms with Crippen molar-refractivity contribution in [1.82, 2.24) is 16.2 Å². The Balaban J connectivity index is 1.69. The Morgan fingerprint density at radius 1 is 1.31 bits per heavy atom. The van der Waals surface area contributed by atoms with E-state index in [4.69, 9.17) is 28.6 Å². The molecule has 2 rings (SSSR count). The monoisotopic (exact) mass is 473 g/mol. The fraction of sp³-hybridized carbons (Fsp3) is 0.0625. The molecule has 0 saturated carbocycles. The molecule has 0 spiro atoms. The number of thiophene rings is 1. The maximum atomic E-state index is 11.7. The van der Waals surface area contributed by atoms with Gasteiger partial charge in [-0.05, 0) is 47.9 Å². The van der Waals surface area contributed by atoms with Crippen LogP contribution in [0.4, 0.5) is 0 Å². The van der Waals surface area contributed by atoms with Crippen LogP contribution in [0.25, 0.3) is 6.08 Å². The molecule has 1 aromatic carbocycles. The lowest BCUT2D eigenvalue weighted by Crippen LogP contribution is -2.49. The minimum absolute atomic E-state index is 0.0409. The minimum Gasteiger partial charge on any atom is -0.482 e. The molecule has 0 aliphatic heterocycles. The molecular weight excluding hydrogens is 462 g/mol. The summed E-state index contributed by atoms with van der Waals surface area (Å²) in [5, 5.41) is 4.64. The largest absolute Gasteiger partial charge is 0.482 e. The number of hydrogen-bond donors (Lipinski definition) is 3. The number of hydrazine groups is 1. The van der Waals surface area contributed by atoms with Crippen molar-refractivity contribution in [3.8, 4) is 5.75 Å². The Morgan fingerprint density at radius 2 is 2.12 bits per heavy atom. The van der Waals surface area contributed by atoms with Gasteiger partial charge in [0.05, 0.1) is 5.02 Å². The Bertz CT molecular complexity index is 828. The van der Waals surface area contributed by atoms with Gasteiger partial charge in [0.25, 0.3) is 5.91 Å². The van der Waals surface area contributed by atoms with Gasteiger partial charge in [0, 0.05) is 15.4 Å². The van der Waals surface area contributed by atoms with Crippen LogP contribution in [0, 0.1) is 0 Å². The van der Waals surface area contributed by atoms with E-state index in [-0.39, 0.29) is 11.7 Å². The predicted molar refractivity (Wildman–Crippen MR) is 110 cm³/mol. The molecule has 0 aliphatic carbocycles. The standard InChI is InChI=1S/C16H13BrClN3O3S2/c17-10-3-5-13(12(18)8-10)24-9-15(23)20-21-16(25)19-14(22)6-4-11-2-1-7-26-11/h1-8H,9H2,(H,20,23)(H2,19,21,22,25). The summed E-state index contributed by atoms with van der Waals surface area (Å²) in [5.41, 5.74) is 4.73. The molecule has 2 amide bonds. The fourth-order valence-electron chi connectivity index (χ4n) is 1.63. The van der Waals surface area contributed by atoms with E-state index in [1.165, 1.54) is 17.4 Å². The SMILES string of the molecule is O=C(C=Cc1cccs1)NC(=S)NNC(=O)COc1ccc(Br)cc1Cl. The van der Waals surface area contributed by atoms with E-state index in [9.17, 15) is 9.59 Å². The van der Waals surface area contributed by atoms with Crippen molar-refractivity contribution in [1.29, 1.82) is 0 Å². The lowest BCUT2D eigenvalue weighted by atomic mass is 10.3. The first-order valence-corrected chi connectivity index (χ1v) is 9.59. The first kappa shape index (κ1) is 20.4. The number of hydrogen-bond acceptors (Lipinski definition) is 5. The molecule has 0 atom stereocenters. The molecule has 3 N–H and O–H groups in total. The molecule has 136 valence electrons. The number of benzene rings is 1. The molecule has 10 heteroatoms. The van der Waals surface area contributed by atoms with E-state index in [0.29, 0.717) is 10.8 Å². The van der Waals surface area contributed by atoms with Gasteiger partial charge in [-0.25, -0.2) is 0 Å². The highest BCUT2D eigenvalue weighted by molar-refractivity contribution is 9.10. The van der Waals surface area contributed by atoms with Crippen LogP contribution in [-0.4, -0.2) is 23.5 Å². The highest BCUT2D eigenvalue weighted by Crippen LogP contribution is 2.27. The third-order valence-electron chi connectivity index (χ3n) is 2.75. The van der Waals surface area contributed by atoms with Crippen molar-refractivity contribution in [3.05, 3.63) is 56.2 Å². The molecule has 0 aliphatic rings. The summed E-state index contributed by atoms with van der Waals surface area (Å²) in [4.78, 5) is 24.4.